The van der Waals surface area contributed by atoms with Gasteiger partial charge in [0.1, 0.15) is 0 Å². The molecular weight excluding hydrogens is 384 g/mol. The smallest absolute Gasteiger partial charge is 0.243 e. The third-order valence-corrected chi connectivity index (χ3v) is 10.0. The van der Waals surface area contributed by atoms with Crippen LogP contribution in [-0.4, -0.2) is 49.7 Å². The van der Waals surface area contributed by atoms with Crippen LogP contribution in [0.2, 0.25) is 0 Å². The first-order chi connectivity index (χ1) is 13.8. The van der Waals surface area contributed by atoms with E-state index in [1.165, 1.54) is 19.3 Å². The van der Waals surface area contributed by atoms with Gasteiger partial charge in [-0.25, -0.2) is 8.42 Å². The molecule has 0 unspecified atom stereocenters. The van der Waals surface area contributed by atoms with Crippen LogP contribution in [0, 0.1) is 37.0 Å². The van der Waals surface area contributed by atoms with Gasteiger partial charge in [-0.15, -0.1) is 0 Å². The van der Waals surface area contributed by atoms with E-state index in [4.69, 9.17) is 0 Å². The van der Waals surface area contributed by atoms with Gasteiger partial charge in [-0.05, 0) is 93.4 Å². The number of rotatable bonds is 3. The molecule has 158 valence electrons. The lowest BCUT2D eigenvalue weighted by Crippen LogP contribution is -2.58. The summed E-state index contributed by atoms with van der Waals surface area (Å²) in [6, 6.07) is 5.33. The summed E-state index contributed by atoms with van der Waals surface area (Å²) in [7, 11) is -3.50. The van der Waals surface area contributed by atoms with E-state index in [0.717, 1.165) is 48.1 Å². The number of benzene rings is 1. The Morgan fingerprint density at radius 1 is 0.897 bits per heavy atom. The van der Waals surface area contributed by atoms with Crippen LogP contribution in [0.4, 0.5) is 0 Å². The first kappa shape index (κ1) is 19.6. The van der Waals surface area contributed by atoms with E-state index >= 15 is 0 Å². The second-order valence-corrected chi connectivity index (χ2v) is 12.1. The highest BCUT2D eigenvalue weighted by Crippen LogP contribution is 2.60. The zero-order valence-corrected chi connectivity index (χ0v) is 18.4. The summed E-state index contributed by atoms with van der Waals surface area (Å²) in [5.41, 5.74) is 1.95. The predicted molar refractivity (Wildman–Crippen MR) is 112 cm³/mol. The molecule has 5 nitrogen and oxygen atoms in total. The Kier molecular flexibility index (Phi) is 4.59. The molecule has 4 bridgehead atoms. The van der Waals surface area contributed by atoms with Gasteiger partial charge in [0.15, 0.2) is 0 Å². The summed E-state index contributed by atoms with van der Waals surface area (Å²) in [4.78, 5) is 15.9. The van der Waals surface area contributed by atoms with E-state index < -0.39 is 10.0 Å². The van der Waals surface area contributed by atoms with E-state index in [0.29, 0.717) is 37.0 Å². The molecule has 1 saturated heterocycles. The number of carbonyl (C=O) groups is 1. The summed E-state index contributed by atoms with van der Waals surface area (Å²) in [6.45, 7) is 5.76. The van der Waals surface area contributed by atoms with Gasteiger partial charge in [-0.2, -0.15) is 4.31 Å². The van der Waals surface area contributed by atoms with Crippen LogP contribution < -0.4 is 0 Å². The number of nitrogens with zero attached hydrogens (tertiary/aromatic N) is 2. The Morgan fingerprint density at radius 2 is 1.45 bits per heavy atom. The minimum Gasteiger partial charge on any atom is -0.340 e. The molecule has 1 amide bonds. The van der Waals surface area contributed by atoms with Gasteiger partial charge >= 0.3 is 0 Å². The second kappa shape index (κ2) is 6.81. The highest BCUT2D eigenvalue weighted by atomic mass is 32.2. The van der Waals surface area contributed by atoms with Gasteiger partial charge in [-0.3, -0.25) is 4.79 Å². The lowest BCUT2D eigenvalue weighted by Gasteiger charge is -2.57. The highest BCUT2D eigenvalue weighted by Gasteiger charge is 2.55. The van der Waals surface area contributed by atoms with E-state index in [9.17, 15) is 13.2 Å². The maximum atomic E-state index is 13.5. The number of amides is 1. The first-order valence-electron chi connectivity index (χ1n) is 11.1. The SMILES string of the molecule is Cc1ccc(S(=O)(=O)N2CCN(C(=O)C34CC5CC(CC(C5)C3)C4)CC2)cc1C. The predicted octanol–water partition coefficient (Wildman–Crippen LogP) is 3.35. The van der Waals surface area contributed by atoms with Gasteiger partial charge in [0, 0.05) is 26.2 Å². The molecule has 4 saturated carbocycles. The molecule has 0 atom stereocenters. The van der Waals surface area contributed by atoms with Crippen LogP contribution in [0.15, 0.2) is 23.1 Å². The monoisotopic (exact) mass is 416 g/mol. The van der Waals surface area contributed by atoms with Crippen LogP contribution in [0.1, 0.15) is 49.7 Å². The highest BCUT2D eigenvalue weighted by molar-refractivity contribution is 7.89. The van der Waals surface area contributed by atoms with Crippen molar-refractivity contribution in [1.29, 1.82) is 0 Å². The Labute approximate surface area is 174 Å². The van der Waals surface area contributed by atoms with Crippen molar-refractivity contribution in [2.75, 3.05) is 26.2 Å². The van der Waals surface area contributed by atoms with Crippen LogP contribution in [0.5, 0.6) is 0 Å². The van der Waals surface area contributed by atoms with E-state index in [-0.39, 0.29) is 5.41 Å². The Balaban J connectivity index is 1.28. The van der Waals surface area contributed by atoms with Gasteiger partial charge < -0.3 is 4.90 Å². The van der Waals surface area contributed by atoms with Crippen molar-refractivity contribution in [3.63, 3.8) is 0 Å². The summed E-state index contributed by atoms with van der Waals surface area (Å²) < 4.78 is 27.7. The number of aryl methyl sites for hydroxylation is 2. The number of hydrogen-bond acceptors (Lipinski definition) is 3. The number of piperazine rings is 1. The molecular formula is C23H32N2O3S. The average Bonchev–Trinajstić information content (AvgIpc) is 2.68. The minimum atomic E-state index is -3.50. The molecule has 0 radical (unpaired) electrons. The number of sulfonamides is 1. The normalized spacial score (nSPS) is 34.6. The Bertz CT molecular complexity index is 896. The summed E-state index contributed by atoms with van der Waals surface area (Å²) in [5, 5.41) is 0. The maximum absolute atomic E-state index is 13.5. The van der Waals surface area contributed by atoms with E-state index in [1.807, 2.05) is 24.8 Å². The summed E-state index contributed by atoms with van der Waals surface area (Å²) >= 11 is 0. The molecule has 5 fully saturated rings. The maximum Gasteiger partial charge on any atom is 0.243 e. The molecule has 1 aromatic rings. The van der Waals surface area contributed by atoms with E-state index in [1.54, 1.807) is 16.4 Å². The lowest BCUT2D eigenvalue weighted by molar-refractivity contribution is -0.158. The fourth-order valence-corrected chi connectivity index (χ4v) is 8.37. The van der Waals surface area contributed by atoms with Gasteiger partial charge in [0.25, 0.3) is 0 Å². The van der Waals surface area contributed by atoms with Gasteiger partial charge in [0.05, 0.1) is 10.3 Å². The van der Waals surface area contributed by atoms with E-state index in [2.05, 4.69) is 0 Å². The van der Waals surface area contributed by atoms with Crippen molar-refractivity contribution in [3.8, 4) is 0 Å². The number of carbonyl (C=O) groups excluding carboxylic acids is 1. The van der Waals surface area contributed by atoms with Gasteiger partial charge in [0.2, 0.25) is 15.9 Å². The molecule has 6 rings (SSSR count). The third-order valence-electron chi connectivity index (χ3n) is 8.13. The molecule has 29 heavy (non-hydrogen) atoms. The molecule has 1 heterocycles. The molecule has 0 N–H and O–H groups in total. The van der Waals surface area contributed by atoms with Crippen LogP contribution in [0.3, 0.4) is 0 Å². The van der Waals surface area contributed by atoms with Crippen molar-refractivity contribution in [2.24, 2.45) is 23.2 Å². The number of hydrogen-bond donors (Lipinski definition) is 0. The van der Waals surface area contributed by atoms with Crippen LogP contribution in [-0.2, 0) is 14.8 Å². The van der Waals surface area contributed by atoms with Crippen molar-refractivity contribution in [1.82, 2.24) is 9.21 Å². The van der Waals surface area contributed by atoms with Crippen molar-refractivity contribution >= 4 is 15.9 Å². The zero-order chi connectivity index (χ0) is 20.4. The average molecular weight is 417 g/mol. The largest absolute Gasteiger partial charge is 0.340 e. The molecule has 0 spiro atoms. The molecule has 5 aliphatic rings. The summed E-state index contributed by atoms with van der Waals surface area (Å²) in [5.74, 6) is 2.56. The quantitative estimate of drug-likeness (QED) is 0.759. The molecule has 1 aromatic carbocycles. The molecule has 6 heteroatoms. The third kappa shape index (κ3) is 3.23. The fourth-order valence-electron chi connectivity index (χ4n) is 6.86. The molecule has 4 aliphatic carbocycles. The molecule has 0 aromatic heterocycles. The topological polar surface area (TPSA) is 57.7 Å². The van der Waals surface area contributed by atoms with Crippen molar-refractivity contribution in [3.05, 3.63) is 29.3 Å². The summed E-state index contributed by atoms with van der Waals surface area (Å²) in [6.07, 6.45) is 7.19. The first-order valence-corrected chi connectivity index (χ1v) is 12.6. The van der Waals surface area contributed by atoms with Crippen molar-refractivity contribution < 1.29 is 13.2 Å². The standard InChI is InChI=1S/C23H32N2O3S/c1-16-3-4-21(9-17(16)2)29(27,28)25-7-5-24(6-8-25)22(26)23-13-18-10-19(14-23)12-20(11-18)15-23/h3-4,9,18-20H,5-8,10-15H2,1-2H3. The minimum absolute atomic E-state index is 0.135. The van der Waals surface area contributed by atoms with Crippen molar-refractivity contribution in [2.45, 2.75) is 57.3 Å². The fraction of sp³-hybridized carbons (Fsp3) is 0.696. The second-order valence-electron chi connectivity index (χ2n) is 10.1. The Hall–Kier alpha value is -1.40. The van der Waals surface area contributed by atoms with Gasteiger partial charge in [-0.1, -0.05) is 6.07 Å². The lowest BCUT2D eigenvalue weighted by atomic mass is 9.49. The Morgan fingerprint density at radius 3 is 1.97 bits per heavy atom. The molecule has 1 aliphatic heterocycles. The zero-order valence-electron chi connectivity index (χ0n) is 17.6. The van der Waals surface area contributed by atoms with Crippen LogP contribution >= 0.6 is 0 Å². The van der Waals surface area contributed by atoms with Crippen LogP contribution in [0.25, 0.3) is 0 Å².